The number of hydrogen-bond donors (Lipinski definition) is 1. The zero-order chi connectivity index (χ0) is 18.2. The van der Waals surface area contributed by atoms with Crippen LogP contribution < -0.4 is 10.1 Å². The van der Waals surface area contributed by atoms with E-state index < -0.39 is 6.10 Å². The van der Waals surface area contributed by atoms with Crippen molar-refractivity contribution >= 4 is 18.3 Å². The minimum absolute atomic E-state index is 0. The van der Waals surface area contributed by atoms with E-state index in [0.29, 0.717) is 5.92 Å². The largest absolute Gasteiger partial charge is 0.476 e. The first-order valence-corrected chi connectivity index (χ1v) is 9.48. The Balaban J connectivity index is 0.00000261. The smallest absolute Gasteiger partial charge is 0.268 e. The Hall–Kier alpha value is -2.04. The van der Waals surface area contributed by atoms with Gasteiger partial charge in [0.15, 0.2) is 0 Å². The highest BCUT2D eigenvalue weighted by molar-refractivity contribution is 5.85. The monoisotopic (exact) mass is 388 g/mol. The van der Waals surface area contributed by atoms with Gasteiger partial charge in [0.25, 0.3) is 5.91 Å². The summed E-state index contributed by atoms with van der Waals surface area (Å²) in [6.45, 7) is 2.67. The molecule has 0 saturated carbocycles. The molecule has 146 valence electrons. The van der Waals surface area contributed by atoms with Crippen LogP contribution in [-0.2, 0) is 4.79 Å². The predicted octanol–water partition coefficient (Wildman–Crippen LogP) is 4.08. The molecule has 5 heteroatoms. The molecule has 1 N–H and O–H groups in total. The number of nitrogens with one attached hydrogen (secondary N) is 1. The minimum atomic E-state index is -0.590. The lowest BCUT2D eigenvalue weighted by Crippen LogP contribution is -2.42. The summed E-state index contributed by atoms with van der Waals surface area (Å²) < 4.78 is 6.11. The molecule has 1 saturated heterocycles. The number of ether oxygens (including phenoxy) is 1. The van der Waals surface area contributed by atoms with Gasteiger partial charge >= 0.3 is 0 Å². The average Bonchev–Trinajstić information content (AvgIpc) is 2.72. The van der Waals surface area contributed by atoms with Crippen LogP contribution in [0.2, 0.25) is 0 Å². The van der Waals surface area contributed by atoms with Gasteiger partial charge in [0.1, 0.15) is 5.75 Å². The van der Waals surface area contributed by atoms with E-state index in [1.54, 1.807) is 0 Å². The van der Waals surface area contributed by atoms with E-state index in [9.17, 15) is 4.79 Å². The van der Waals surface area contributed by atoms with Crippen LogP contribution in [0, 0.1) is 5.92 Å². The van der Waals surface area contributed by atoms with E-state index in [-0.39, 0.29) is 18.3 Å². The third kappa shape index (κ3) is 5.98. The first-order chi connectivity index (χ1) is 12.8. The molecule has 1 aliphatic rings. The van der Waals surface area contributed by atoms with E-state index in [1.165, 1.54) is 6.42 Å². The summed E-state index contributed by atoms with van der Waals surface area (Å²) in [5, 5.41) is 3.22. The van der Waals surface area contributed by atoms with Gasteiger partial charge in [-0.15, -0.1) is 12.4 Å². The second-order valence-electron chi connectivity index (χ2n) is 6.88. The van der Waals surface area contributed by atoms with Crippen LogP contribution in [0.4, 0.5) is 0 Å². The van der Waals surface area contributed by atoms with Crippen LogP contribution >= 0.6 is 12.4 Å². The first-order valence-electron chi connectivity index (χ1n) is 9.48. The second-order valence-corrected chi connectivity index (χ2v) is 6.88. The fourth-order valence-electron chi connectivity index (χ4n) is 3.48. The van der Waals surface area contributed by atoms with Gasteiger partial charge in [-0.1, -0.05) is 48.5 Å². The third-order valence-corrected chi connectivity index (χ3v) is 5.05. The number of amides is 1. The summed E-state index contributed by atoms with van der Waals surface area (Å²) >= 11 is 0. The van der Waals surface area contributed by atoms with Crippen molar-refractivity contribution in [3.63, 3.8) is 0 Å². The minimum Gasteiger partial charge on any atom is -0.476 e. The van der Waals surface area contributed by atoms with Gasteiger partial charge in [0.2, 0.25) is 6.10 Å². The van der Waals surface area contributed by atoms with Crippen molar-refractivity contribution in [3.8, 4) is 5.75 Å². The molecule has 1 unspecified atom stereocenters. The van der Waals surface area contributed by atoms with Gasteiger partial charge in [-0.2, -0.15) is 0 Å². The maximum Gasteiger partial charge on any atom is 0.268 e. The SMILES string of the molecule is CNCCC1CCN(C(=O)C(Oc2ccccc2)c2ccccc2)CC1.Cl. The van der Waals surface area contributed by atoms with E-state index in [0.717, 1.165) is 43.8 Å². The van der Waals surface area contributed by atoms with Crippen LogP contribution in [0.25, 0.3) is 0 Å². The molecule has 2 aromatic rings. The highest BCUT2D eigenvalue weighted by atomic mass is 35.5. The zero-order valence-corrected chi connectivity index (χ0v) is 16.7. The number of halogens is 1. The predicted molar refractivity (Wildman–Crippen MR) is 111 cm³/mol. The maximum atomic E-state index is 13.2. The standard InChI is InChI=1S/C22H28N2O2.ClH/c1-23-15-12-18-13-16-24(17-14-18)22(25)21(19-8-4-2-5-9-19)26-20-10-6-3-7-11-20;/h2-11,18,21,23H,12-17H2,1H3;1H. The van der Waals surface area contributed by atoms with Crippen molar-refractivity contribution in [2.75, 3.05) is 26.7 Å². The molecule has 2 aromatic carbocycles. The topological polar surface area (TPSA) is 41.6 Å². The van der Waals surface area contributed by atoms with Gasteiger partial charge < -0.3 is 15.0 Å². The van der Waals surface area contributed by atoms with Crippen molar-refractivity contribution < 1.29 is 9.53 Å². The summed E-state index contributed by atoms with van der Waals surface area (Å²) in [5.41, 5.74) is 0.902. The molecule has 0 spiro atoms. The summed E-state index contributed by atoms with van der Waals surface area (Å²) in [6, 6.07) is 19.4. The molecule has 0 radical (unpaired) electrons. The summed E-state index contributed by atoms with van der Waals surface area (Å²) in [5.74, 6) is 1.49. The molecule has 0 aliphatic carbocycles. The summed E-state index contributed by atoms with van der Waals surface area (Å²) in [6.07, 6.45) is 2.73. The number of para-hydroxylation sites is 1. The Labute approximate surface area is 168 Å². The first kappa shape index (κ1) is 21.3. The van der Waals surface area contributed by atoms with Crippen molar-refractivity contribution in [3.05, 3.63) is 66.2 Å². The molecule has 1 aliphatic heterocycles. The van der Waals surface area contributed by atoms with Gasteiger partial charge in [0, 0.05) is 18.7 Å². The number of nitrogens with zero attached hydrogens (tertiary/aromatic N) is 1. The van der Waals surface area contributed by atoms with E-state index >= 15 is 0 Å². The Morgan fingerprint density at radius 1 is 1.07 bits per heavy atom. The third-order valence-electron chi connectivity index (χ3n) is 5.05. The number of carbonyl (C=O) groups excluding carboxylic acids is 1. The van der Waals surface area contributed by atoms with Crippen LogP contribution in [0.5, 0.6) is 5.75 Å². The number of rotatable bonds is 7. The fourth-order valence-corrected chi connectivity index (χ4v) is 3.48. The molecule has 3 rings (SSSR count). The number of piperidine rings is 1. The van der Waals surface area contributed by atoms with Crippen LogP contribution in [0.15, 0.2) is 60.7 Å². The van der Waals surface area contributed by atoms with E-state index in [4.69, 9.17) is 4.74 Å². The lowest BCUT2D eigenvalue weighted by Gasteiger charge is -2.34. The Morgan fingerprint density at radius 3 is 2.26 bits per heavy atom. The van der Waals surface area contributed by atoms with Crippen molar-refractivity contribution in [2.24, 2.45) is 5.92 Å². The number of hydrogen-bond acceptors (Lipinski definition) is 3. The van der Waals surface area contributed by atoms with Crippen molar-refractivity contribution in [1.82, 2.24) is 10.2 Å². The van der Waals surface area contributed by atoms with Crippen LogP contribution in [0.1, 0.15) is 30.9 Å². The van der Waals surface area contributed by atoms with E-state index in [1.807, 2.05) is 72.6 Å². The van der Waals surface area contributed by atoms with Gasteiger partial charge in [-0.05, 0) is 50.9 Å². The molecule has 0 bridgehead atoms. The molecule has 1 amide bonds. The Kier molecular flexibility index (Phi) is 8.62. The second kappa shape index (κ2) is 11.0. The lowest BCUT2D eigenvalue weighted by molar-refractivity contribution is -0.140. The maximum absolute atomic E-state index is 13.2. The average molecular weight is 389 g/mol. The quantitative estimate of drug-likeness (QED) is 0.777. The van der Waals surface area contributed by atoms with Crippen LogP contribution in [0.3, 0.4) is 0 Å². The summed E-state index contributed by atoms with van der Waals surface area (Å²) in [4.78, 5) is 15.2. The molecule has 4 nitrogen and oxygen atoms in total. The highest BCUT2D eigenvalue weighted by Crippen LogP contribution is 2.27. The number of benzene rings is 2. The lowest BCUT2D eigenvalue weighted by atomic mass is 9.93. The molecule has 1 fully saturated rings. The number of likely N-dealkylation sites (tertiary alicyclic amines) is 1. The molecule has 27 heavy (non-hydrogen) atoms. The fraction of sp³-hybridized carbons (Fsp3) is 0.409. The number of carbonyl (C=O) groups is 1. The van der Waals surface area contributed by atoms with Crippen molar-refractivity contribution in [1.29, 1.82) is 0 Å². The zero-order valence-electron chi connectivity index (χ0n) is 15.8. The summed E-state index contributed by atoms with van der Waals surface area (Å²) in [7, 11) is 1.99. The van der Waals surface area contributed by atoms with Gasteiger partial charge in [-0.3, -0.25) is 4.79 Å². The van der Waals surface area contributed by atoms with Crippen LogP contribution in [-0.4, -0.2) is 37.5 Å². The normalized spacial score (nSPS) is 15.7. The Bertz CT molecular complexity index is 673. The molecule has 1 heterocycles. The van der Waals surface area contributed by atoms with Crippen molar-refractivity contribution in [2.45, 2.75) is 25.4 Å². The van der Waals surface area contributed by atoms with E-state index in [2.05, 4.69) is 5.32 Å². The molecule has 1 atom stereocenters. The molecule has 0 aromatic heterocycles. The molecular weight excluding hydrogens is 360 g/mol. The van der Waals surface area contributed by atoms with Gasteiger partial charge in [-0.25, -0.2) is 0 Å². The van der Waals surface area contributed by atoms with Gasteiger partial charge in [0.05, 0.1) is 0 Å². The molecular formula is C22H29ClN2O2. The highest BCUT2D eigenvalue weighted by Gasteiger charge is 2.30. The Morgan fingerprint density at radius 2 is 1.67 bits per heavy atom.